The predicted octanol–water partition coefficient (Wildman–Crippen LogP) is 7.38. The van der Waals surface area contributed by atoms with Gasteiger partial charge in [0.25, 0.3) is 0 Å². The zero-order valence-corrected chi connectivity index (χ0v) is 37.6. The molecule has 0 bridgehead atoms. The van der Waals surface area contributed by atoms with Crippen LogP contribution in [0, 0.1) is 0 Å². The zero-order chi connectivity index (χ0) is 53.7. The molecule has 0 radical (unpaired) electrons. The van der Waals surface area contributed by atoms with Gasteiger partial charge >= 0.3 is 59.3 Å². The monoisotopic (exact) mass is 1090 g/mol. The van der Waals surface area contributed by atoms with Crippen molar-refractivity contribution in [2.75, 3.05) is 45.3 Å². The standard InChI is InChI=1S/C40H42F17N7O7S/c41-33(42,34(43,44)35(45,46)36(47,48)37(49,50)38(51,52)39(53,54)40(55,56)57)8-3-11-64-19-24(62-63-64)21-6-7-23-22(18-30(67)71-26(23)16-21)17-29(66)59-10-13-70-15-14-69-12-9-58-28(65)5-2-1-4-27-31-25(20-72-27)60-32(68)61-31/h6-7,16,18-19,25,27,31H,1-5,8-15,17,20H2,(H,58,65)(H,59,66)(H2,60,61,68)/t25-,27-,31-/m0/s1. The molecule has 0 aliphatic carbocycles. The van der Waals surface area contributed by atoms with Crippen LogP contribution in [0.2, 0.25) is 0 Å². The van der Waals surface area contributed by atoms with E-state index in [9.17, 15) is 93.8 Å². The molecule has 4 heterocycles. The van der Waals surface area contributed by atoms with Crippen LogP contribution in [0.5, 0.6) is 0 Å². The Morgan fingerprint density at radius 2 is 1.33 bits per heavy atom. The molecule has 2 saturated heterocycles. The van der Waals surface area contributed by atoms with Gasteiger partial charge in [-0.3, -0.25) is 14.3 Å². The first-order chi connectivity index (χ1) is 33.3. The van der Waals surface area contributed by atoms with Gasteiger partial charge in [0, 0.05) is 60.5 Å². The third-order valence-corrected chi connectivity index (χ3v) is 12.8. The van der Waals surface area contributed by atoms with Gasteiger partial charge in [-0.25, -0.2) is 9.59 Å². The fraction of sp³-hybridized carbons (Fsp3) is 0.650. The SMILES string of the molecule is O=C(CCCC[C@@H]1SC[C@@H]2NC(=O)N[C@@H]21)NCCOCCOCCNC(=O)Cc1cc(=O)oc2cc(-c3cn(CCCC(F)(F)C(F)(F)C(F)(F)C(F)(F)C(F)(F)C(F)(F)C(F)(F)C(F)(F)F)nn3)ccc12. The second-order valence-electron chi connectivity index (χ2n) is 16.4. The van der Waals surface area contributed by atoms with Gasteiger partial charge in [-0.2, -0.15) is 86.4 Å². The highest BCUT2D eigenvalue weighted by molar-refractivity contribution is 8.00. The van der Waals surface area contributed by atoms with Gasteiger partial charge in [-0.15, -0.1) is 5.10 Å². The van der Waals surface area contributed by atoms with Crippen molar-refractivity contribution in [1.29, 1.82) is 0 Å². The molecule has 2 aliphatic heterocycles. The number of hydrogen-bond acceptors (Lipinski definition) is 10. The first-order valence-corrected chi connectivity index (χ1v) is 22.4. The normalized spacial score (nSPS) is 18.3. The average Bonchev–Trinajstić information content (AvgIpc) is 4.01. The third kappa shape index (κ3) is 12.1. The van der Waals surface area contributed by atoms with Gasteiger partial charge < -0.3 is 35.2 Å². The van der Waals surface area contributed by atoms with E-state index in [1.54, 1.807) is 0 Å². The van der Waals surface area contributed by atoms with Crippen LogP contribution in [0.4, 0.5) is 79.4 Å². The molecular formula is C40H42F17N7O7S. The number of alkyl halides is 17. The number of hydrogen-bond donors (Lipinski definition) is 4. The first kappa shape index (κ1) is 57.8. The van der Waals surface area contributed by atoms with Crippen LogP contribution >= 0.6 is 11.8 Å². The fourth-order valence-corrected chi connectivity index (χ4v) is 8.88. The summed E-state index contributed by atoms with van der Waals surface area (Å²) in [6.07, 6.45) is -8.58. The number of unbranched alkanes of at least 4 members (excludes halogenated alkanes) is 1. The third-order valence-electron chi connectivity index (χ3n) is 11.3. The fourth-order valence-electron chi connectivity index (χ4n) is 7.34. The Labute approximate surface area is 398 Å². The summed E-state index contributed by atoms with van der Waals surface area (Å²) in [6, 6.07) is 5.02. The Morgan fingerprint density at radius 3 is 1.96 bits per heavy atom. The van der Waals surface area contributed by atoms with Gasteiger partial charge in [-0.1, -0.05) is 23.8 Å². The van der Waals surface area contributed by atoms with Gasteiger partial charge in [0.1, 0.15) is 11.3 Å². The van der Waals surface area contributed by atoms with Crippen LogP contribution in [-0.2, 0) is 32.0 Å². The van der Waals surface area contributed by atoms with E-state index in [-0.39, 0.29) is 91.2 Å². The van der Waals surface area contributed by atoms with Crippen molar-refractivity contribution in [3.8, 4) is 11.3 Å². The number of rotatable bonds is 27. The second-order valence-corrected chi connectivity index (χ2v) is 17.7. The molecule has 3 atom stereocenters. The largest absolute Gasteiger partial charge is 0.460 e. The molecule has 14 nitrogen and oxygen atoms in total. The molecule has 3 aromatic rings. The van der Waals surface area contributed by atoms with Crippen LogP contribution in [0.3, 0.4) is 0 Å². The first-order valence-electron chi connectivity index (χ1n) is 21.4. The Kier molecular flexibility index (Phi) is 17.8. The van der Waals surface area contributed by atoms with Crippen molar-refractivity contribution in [2.24, 2.45) is 0 Å². The number of nitrogens with zero attached hydrogens (tertiary/aromatic N) is 3. The van der Waals surface area contributed by atoms with E-state index < -0.39 is 78.6 Å². The smallest absolute Gasteiger partial charge is 0.423 e. The molecule has 0 saturated carbocycles. The van der Waals surface area contributed by atoms with Gasteiger partial charge in [0.05, 0.1) is 51.1 Å². The van der Waals surface area contributed by atoms with Crippen molar-refractivity contribution in [3.05, 3.63) is 46.4 Å². The van der Waals surface area contributed by atoms with Gasteiger partial charge in [-0.05, 0) is 30.9 Å². The highest BCUT2D eigenvalue weighted by Gasteiger charge is 2.95. The quantitative estimate of drug-likeness (QED) is 0.0261. The highest BCUT2D eigenvalue weighted by atomic mass is 32.2. The predicted molar refractivity (Wildman–Crippen MR) is 217 cm³/mol. The average molecular weight is 1090 g/mol. The van der Waals surface area contributed by atoms with E-state index in [0.29, 0.717) is 29.3 Å². The number of carbonyl (C=O) groups excluding carboxylic acids is 3. The minimum atomic E-state index is -8.71. The van der Waals surface area contributed by atoms with E-state index in [1.807, 2.05) is 11.8 Å². The summed E-state index contributed by atoms with van der Waals surface area (Å²) in [5, 5.41) is 18.8. The second kappa shape index (κ2) is 22.1. The maximum Gasteiger partial charge on any atom is 0.460 e. The summed E-state index contributed by atoms with van der Waals surface area (Å²) >= 11 is 1.81. The molecule has 72 heavy (non-hydrogen) atoms. The summed E-state index contributed by atoms with van der Waals surface area (Å²) < 4.78 is 248. The van der Waals surface area contributed by atoms with Gasteiger partial charge in [0.15, 0.2) is 0 Å². The molecule has 32 heteroatoms. The Bertz CT molecular complexity index is 2440. The van der Waals surface area contributed by atoms with Crippen molar-refractivity contribution in [2.45, 2.75) is 116 Å². The number of halogens is 17. The molecule has 2 aromatic heterocycles. The molecular weight excluding hydrogens is 1050 g/mol. The van der Waals surface area contributed by atoms with Gasteiger partial charge in [0.2, 0.25) is 11.8 Å². The molecule has 2 fully saturated rings. The van der Waals surface area contributed by atoms with Crippen LogP contribution in [-0.4, -0.2) is 143 Å². The van der Waals surface area contributed by atoms with E-state index in [0.717, 1.165) is 30.9 Å². The number of carbonyl (C=O) groups is 3. The Balaban J connectivity index is 1.02. The lowest BCUT2D eigenvalue weighted by Gasteiger charge is -2.42. The molecule has 404 valence electrons. The highest BCUT2D eigenvalue weighted by Crippen LogP contribution is 2.64. The van der Waals surface area contributed by atoms with E-state index >= 15 is 0 Å². The number of amides is 4. The van der Waals surface area contributed by atoms with Crippen molar-refractivity contribution < 1.29 is 103 Å². The van der Waals surface area contributed by atoms with Crippen LogP contribution in [0.1, 0.15) is 44.1 Å². The lowest BCUT2D eigenvalue weighted by molar-refractivity contribution is -0.461. The molecule has 4 amide bonds. The van der Waals surface area contributed by atoms with E-state index in [1.165, 1.54) is 18.2 Å². The number of aryl methyl sites for hydroxylation is 1. The minimum Gasteiger partial charge on any atom is -0.423 e. The molecule has 2 aliphatic rings. The lowest BCUT2D eigenvalue weighted by Crippen LogP contribution is -2.74. The maximum atomic E-state index is 14.4. The molecule has 0 unspecified atom stereocenters. The number of nitrogens with one attached hydrogen (secondary N) is 4. The van der Waals surface area contributed by atoms with Crippen LogP contribution in [0.15, 0.2) is 39.7 Å². The number of aromatic nitrogens is 3. The number of thioether (sulfide) groups is 1. The number of ether oxygens (including phenoxy) is 2. The van der Waals surface area contributed by atoms with Crippen LogP contribution in [0.25, 0.3) is 22.2 Å². The Morgan fingerprint density at radius 1 is 0.736 bits per heavy atom. The molecule has 1 aromatic carbocycles. The zero-order valence-electron chi connectivity index (χ0n) is 36.8. The molecule has 0 spiro atoms. The number of benzene rings is 1. The maximum absolute atomic E-state index is 14.4. The molecule has 4 N–H and O–H groups in total. The summed E-state index contributed by atoms with van der Waals surface area (Å²) in [5.41, 5.74) is -0.961. The van der Waals surface area contributed by atoms with Crippen molar-refractivity contribution in [3.63, 3.8) is 0 Å². The topological polar surface area (TPSA) is 179 Å². The van der Waals surface area contributed by atoms with E-state index in [2.05, 4.69) is 31.6 Å². The van der Waals surface area contributed by atoms with Crippen molar-refractivity contribution >= 4 is 40.6 Å². The Hall–Kier alpha value is -5.14. The number of urea groups is 1. The minimum absolute atomic E-state index is 0.0568. The summed E-state index contributed by atoms with van der Waals surface area (Å²) in [7, 11) is 0. The van der Waals surface area contributed by atoms with Crippen LogP contribution < -0.4 is 26.9 Å². The number of fused-ring (bicyclic) bond motifs is 2. The van der Waals surface area contributed by atoms with Crippen molar-refractivity contribution in [1.82, 2.24) is 36.3 Å². The van der Waals surface area contributed by atoms with E-state index in [4.69, 9.17) is 13.9 Å². The lowest BCUT2D eigenvalue weighted by atomic mass is 9.88. The summed E-state index contributed by atoms with van der Waals surface area (Å²) in [6.45, 7) is 0.00296. The summed E-state index contributed by atoms with van der Waals surface area (Å²) in [5.74, 6) is -56.7. The molecule has 5 rings (SSSR count). The summed E-state index contributed by atoms with van der Waals surface area (Å²) in [4.78, 5) is 48.6.